The molecule has 0 atom stereocenters. The molecule has 41 heavy (non-hydrogen) atoms. The molecule has 0 unspecified atom stereocenters. The first kappa shape index (κ1) is 32.9. The Bertz CT molecular complexity index is 1110. The highest BCUT2D eigenvalue weighted by Gasteiger charge is 2.41. The highest BCUT2D eigenvalue weighted by Crippen LogP contribution is 2.39. The van der Waals surface area contributed by atoms with E-state index in [1.165, 1.54) is 43.5 Å². The standard InChI is InChI=1S/C21H23ClFNO5.C9H17NOS/c1-2-3-6-9-28-19(25)12-29-18-11-17(16(23)10-15(18)22)24-20(26)13-7-4-5-8-14(13)21(24)27;1-2-12-9(11)10-7-5-3-4-6-8-10/h10-11H,2-9,12H2,1H3;2-8H2,1H3. The summed E-state index contributed by atoms with van der Waals surface area (Å²) in [5, 5.41) is 0.209. The van der Waals surface area contributed by atoms with E-state index in [0.717, 1.165) is 61.9 Å². The van der Waals surface area contributed by atoms with Crippen LogP contribution in [0.1, 0.15) is 84.5 Å². The van der Waals surface area contributed by atoms with Crippen molar-refractivity contribution in [3.05, 3.63) is 34.1 Å². The van der Waals surface area contributed by atoms with Crippen LogP contribution >= 0.6 is 23.4 Å². The normalized spacial score (nSPS) is 17.1. The van der Waals surface area contributed by atoms with Crippen molar-refractivity contribution in [2.24, 2.45) is 0 Å². The van der Waals surface area contributed by atoms with Crippen LogP contribution in [-0.2, 0) is 19.1 Å². The average Bonchev–Trinajstić information content (AvgIpc) is 3.13. The summed E-state index contributed by atoms with van der Waals surface area (Å²) in [5.41, 5.74) is 0.674. The van der Waals surface area contributed by atoms with E-state index in [9.17, 15) is 23.6 Å². The number of anilines is 1. The first-order valence-electron chi connectivity index (χ1n) is 14.6. The molecule has 226 valence electrons. The highest BCUT2D eigenvalue weighted by molar-refractivity contribution is 8.13. The summed E-state index contributed by atoms with van der Waals surface area (Å²) in [6.45, 7) is 5.92. The molecule has 2 aliphatic heterocycles. The number of esters is 1. The van der Waals surface area contributed by atoms with Gasteiger partial charge in [-0.3, -0.25) is 14.4 Å². The van der Waals surface area contributed by atoms with Crippen molar-refractivity contribution in [3.8, 4) is 5.75 Å². The zero-order valence-electron chi connectivity index (χ0n) is 24.0. The molecule has 4 rings (SSSR count). The Hall–Kier alpha value is -2.59. The van der Waals surface area contributed by atoms with Gasteiger partial charge < -0.3 is 14.4 Å². The van der Waals surface area contributed by atoms with Gasteiger partial charge >= 0.3 is 5.97 Å². The fraction of sp³-hybridized carbons (Fsp3) is 0.600. The van der Waals surface area contributed by atoms with Crippen molar-refractivity contribution in [1.29, 1.82) is 0 Å². The molecule has 0 spiro atoms. The molecule has 0 N–H and O–H groups in total. The Balaban J connectivity index is 0.000000322. The Morgan fingerprint density at radius 2 is 1.59 bits per heavy atom. The lowest BCUT2D eigenvalue weighted by molar-refractivity contribution is -0.146. The monoisotopic (exact) mass is 610 g/mol. The van der Waals surface area contributed by atoms with Gasteiger partial charge in [0.25, 0.3) is 17.1 Å². The maximum Gasteiger partial charge on any atom is 0.344 e. The Kier molecular flexibility index (Phi) is 13.5. The first-order valence-corrected chi connectivity index (χ1v) is 15.9. The van der Waals surface area contributed by atoms with Crippen molar-refractivity contribution < 1.29 is 33.0 Å². The molecular formula is C30H40ClFN2O6S. The second-order valence-corrected chi connectivity index (χ2v) is 11.8. The van der Waals surface area contributed by atoms with Crippen molar-refractivity contribution in [2.45, 2.75) is 84.5 Å². The Labute approximate surface area is 250 Å². The number of likely N-dealkylation sites (tertiary alicyclic amines) is 1. The number of hydrogen-bond donors (Lipinski definition) is 0. The number of halogens is 2. The van der Waals surface area contributed by atoms with Gasteiger partial charge in [-0.15, -0.1) is 0 Å². The molecule has 0 radical (unpaired) electrons. The predicted molar refractivity (Wildman–Crippen MR) is 159 cm³/mol. The summed E-state index contributed by atoms with van der Waals surface area (Å²) < 4.78 is 25.0. The van der Waals surface area contributed by atoms with Gasteiger partial charge in [-0.1, -0.05) is 62.9 Å². The lowest BCUT2D eigenvalue weighted by Gasteiger charge is -2.18. The van der Waals surface area contributed by atoms with E-state index >= 15 is 0 Å². The molecule has 3 amide bonds. The lowest BCUT2D eigenvalue weighted by Crippen LogP contribution is -2.32. The van der Waals surface area contributed by atoms with Crippen LogP contribution in [0.2, 0.25) is 5.02 Å². The zero-order chi connectivity index (χ0) is 29.8. The van der Waals surface area contributed by atoms with Crippen LogP contribution in [-0.4, -0.2) is 60.0 Å². The number of rotatable bonds is 9. The van der Waals surface area contributed by atoms with Crippen LogP contribution < -0.4 is 9.64 Å². The summed E-state index contributed by atoms with van der Waals surface area (Å²) in [4.78, 5) is 51.4. The lowest BCUT2D eigenvalue weighted by atomic mass is 9.93. The summed E-state index contributed by atoms with van der Waals surface area (Å²) >= 11 is 7.45. The average molecular weight is 611 g/mol. The molecule has 3 aliphatic rings. The highest BCUT2D eigenvalue weighted by atomic mass is 35.5. The van der Waals surface area contributed by atoms with E-state index in [0.29, 0.717) is 30.6 Å². The number of amides is 3. The second kappa shape index (κ2) is 16.8. The van der Waals surface area contributed by atoms with Gasteiger partial charge in [0.1, 0.15) is 11.6 Å². The molecule has 0 aromatic heterocycles. The van der Waals surface area contributed by atoms with Crippen LogP contribution in [0.15, 0.2) is 23.3 Å². The molecule has 1 aliphatic carbocycles. The first-order chi connectivity index (χ1) is 19.8. The van der Waals surface area contributed by atoms with Gasteiger partial charge in [0.15, 0.2) is 6.61 Å². The molecule has 2 heterocycles. The molecule has 11 heteroatoms. The number of hydrogen-bond acceptors (Lipinski definition) is 7. The third-order valence-corrected chi connectivity index (χ3v) is 8.21. The minimum atomic E-state index is -0.814. The van der Waals surface area contributed by atoms with Crippen LogP contribution in [0.4, 0.5) is 14.9 Å². The summed E-state index contributed by atoms with van der Waals surface area (Å²) in [5.74, 6) is -1.51. The minimum absolute atomic E-state index is 0.000883. The van der Waals surface area contributed by atoms with Crippen LogP contribution in [0.5, 0.6) is 5.75 Å². The predicted octanol–water partition coefficient (Wildman–Crippen LogP) is 7.07. The number of unbranched alkanes of at least 4 members (excludes halogenated alkanes) is 2. The second-order valence-electron chi connectivity index (χ2n) is 10.2. The smallest absolute Gasteiger partial charge is 0.344 e. The summed E-state index contributed by atoms with van der Waals surface area (Å²) in [7, 11) is 0. The third kappa shape index (κ3) is 9.20. The Morgan fingerprint density at radius 3 is 2.17 bits per heavy atom. The number of nitrogens with zero attached hydrogens (tertiary/aromatic N) is 2. The van der Waals surface area contributed by atoms with Crippen LogP contribution in [0, 0.1) is 5.82 Å². The fourth-order valence-electron chi connectivity index (χ4n) is 4.94. The van der Waals surface area contributed by atoms with Gasteiger partial charge in [0.05, 0.1) is 17.3 Å². The molecule has 1 aromatic rings. The van der Waals surface area contributed by atoms with E-state index in [2.05, 4.69) is 0 Å². The molecule has 1 saturated heterocycles. The molecular weight excluding hydrogens is 571 g/mol. The maximum absolute atomic E-state index is 14.5. The largest absolute Gasteiger partial charge is 0.480 e. The van der Waals surface area contributed by atoms with Crippen molar-refractivity contribution in [1.82, 2.24) is 4.90 Å². The fourth-order valence-corrected chi connectivity index (χ4v) is 5.76. The Morgan fingerprint density at radius 1 is 0.951 bits per heavy atom. The van der Waals surface area contributed by atoms with E-state index in [1.807, 2.05) is 18.7 Å². The molecule has 1 aromatic carbocycles. The number of benzene rings is 1. The summed E-state index contributed by atoms with van der Waals surface area (Å²) in [6, 6.07) is 2.15. The zero-order valence-corrected chi connectivity index (χ0v) is 25.5. The van der Waals surface area contributed by atoms with Crippen molar-refractivity contribution in [2.75, 3.05) is 37.0 Å². The SMILES string of the molecule is CCCCCOC(=O)COc1cc(N2C(=O)C3=C(CCCC3)C2=O)c(F)cc1Cl.CCSC(=O)N1CCCCCC1. The van der Waals surface area contributed by atoms with Gasteiger partial charge in [-0.2, -0.15) is 0 Å². The van der Waals surface area contributed by atoms with E-state index in [1.54, 1.807) is 0 Å². The maximum atomic E-state index is 14.5. The topological polar surface area (TPSA) is 93.2 Å². The number of thioether (sulfide) groups is 1. The number of ether oxygens (including phenoxy) is 2. The van der Waals surface area contributed by atoms with E-state index < -0.39 is 30.2 Å². The number of carbonyl (C=O) groups is 4. The molecule has 0 bridgehead atoms. The van der Waals surface area contributed by atoms with Gasteiger partial charge in [0.2, 0.25) is 0 Å². The van der Waals surface area contributed by atoms with Gasteiger partial charge in [-0.25, -0.2) is 14.1 Å². The molecule has 0 saturated carbocycles. The third-order valence-electron chi connectivity index (χ3n) is 7.12. The van der Waals surface area contributed by atoms with E-state index in [4.69, 9.17) is 21.1 Å². The number of imide groups is 1. The van der Waals surface area contributed by atoms with Crippen molar-refractivity contribution in [3.63, 3.8) is 0 Å². The minimum Gasteiger partial charge on any atom is -0.480 e. The number of carbonyl (C=O) groups excluding carboxylic acids is 4. The summed E-state index contributed by atoms with van der Waals surface area (Å²) in [6.07, 6.45) is 10.4. The quantitative estimate of drug-likeness (QED) is 0.168. The molecule has 1 fully saturated rings. The molecule has 8 nitrogen and oxygen atoms in total. The van der Waals surface area contributed by atoms with Crippen molar-refractivity contribution >= 4 is 52.1 Å². The van der Waals surface area contributed by atoms with Gasteiger partial charge in [0, 0.05) is 30.3 Å². The van der Waals surface area contributed by atoms with Gasteiger partial charge in [-0.05, 0) is 56.8 Å². The van der Waals surface area contributed by atoms with Crippen LogP contribution in [0.25, 0.3) is 0 Å². The van der Waals surface area contributed by atoms with E-state index in [-0.39, 0.29) is 21.7 Å². The van der Waals surface area contributed by atoms with Crippen LogP contribution in [0.3, 0.4) is 0 Å².